The Morgan fingerprint density at radius 3 is 1.93 bits per heavy atom. The summed E-state index contributed by atoms with van der Waals surface area (Å²) in [7, 11) is 3.81. The summed E-state index contributed by atoms with van der Waals surface area (Å²) in [6, 6.07) is 5.10. The molecule has 3 aromatic rings. The van der Waals surface area contributed by atoms with Gasteiger partial charge in [-0.15, -0.1) is 23.2 Å². The van der Waals surface area contributed by atoms with E-state index < -0.39 is 137 Å². The second kappa shape index (κ2) is 13.1. The van der Waals surface area contributed by atoms with E-state index in [1.54, 1.807) is 0 Å². The zero-order valence-electron chi connectivity index (χ0n) is 29.2. The molecule has 2 saturated heterocycles. The van der Waals surface area contributed by atoms with Crippen molar-refractivity contribution in [1.82, 2.24) is 0 Å². The maximum absolute atomic E-state index is 15.3. The molecule has 1 saturated carbocycles. The second-order valence-electron chi connectivity index (χ2n) is 13.9. The lowest BCUT2D eigenvalue weighted by molar-refractivity contribution is -0.392. The smallest absolute Gasteiger partial charge is 0.301 e. The Balaban J connectivity index is 1.43. The SMILES string of the molecule is COc1ccc(O)c(C2C3=CCC4C(=O)N(c5cc([N+](=O)[O-])c(N(C)C)c([N+](=O)[O-])c5)C(=O)C4C3CC3(Cl)C(=O)N(c4c(F)c(F)c(F)c(F)c4F)C(=O)C23Cl)c1. The summed E-state index contributed by atoms with van der Waals surface area (Å²) in [6.07, 6.45) is 0.129. The number of anilines is 3. The van der Waals surface area contributed by atoms with Gasteiger partial charge >= 0.3 is 11.4 Å². The fourth-order valence-electron chi connectivity index (χ4n) is 8.51. The topological polar surface area (TPSA) is 194 Å². The monoisotopic (exact) mass is 839 g/mol. The number of alkyl halides is 2. The van der Waals surface area contributed by atoms with Gasteiger partial charge in [-0.25, -0.2) is 31.8 Å². The van der Waals surface area contributed by atoms with Crippen LogP contribution < -0.4 is 19.4 Å². The van der Waals surface area contributed by atoms with Crippen molar-refractivity contribution in [3.05, 3.63) is 96.9 Å². The van der Waals surface area contributed by atoms with Crippen LogP contribution in [0, 0.1) is 67.1 Å². The number of nitro benzene ring substituents is 2. The Kier molecular flexibility index (Phi) is 9.03. The number of carbonyl (C=O) groups is 4. The van der Waals surface area contributed by atoms with E-state index in [4.69, 9.17) is 27.9 Å². The number of allylic oxidation sites excluding steroid dienone is 2. The highest BCUT2D eigenvalue weighted by Gasteiger charge is 2.77. The van der Waals surface area contributed by atoms with Crippen LogP contribution in [0.15, 0.2) is 42.0 Å². The van der Waals surface area contributed by atoms with Crippen LogP contribution in [-0.4, -0.2) is 69.5 Å². The third-order valence-electron chi connectivity index (χ3n) is 10.9. The molecular formula is C35H24Cl2F5N5O10. The van der Waals surface area contributed by atoms with Crippen molar-refractivity contribution < 1.29 is 60.8 Å². The molecule has 0 bridgehead atoms. The quantitative estimate of drug-likeness (QED) is 0.0445. The van der Waals surface area contributed by atoms with Crippen molar-refractivity contribution >= 4 is 75.3 Å². The fraction of sp³-hybridized carbons (Fsp3) is 0.314. The average Bonchev–Trinajstić information content (AvgIpc) is 3.50. The molecule has 6 atom stereocenters. The Morgan fingerprint density at radius 2 is 1.40 bits per heavy atom. The highest BCUT2D eigenvalue weighted by molar-refractivity contribution is 6.58. The number of rotatable bonds is 7. The summed E-state index contributed by atoms with van der Waals surface area (Å²) in [4.78, 5) is 75.1. The van der Waals surface area contributed by atoms with E-state index in [0.29, 0.717) is 4.90 Å². The number of nitrogens with zero attached hydrogens (tertiary/aromatic N) is 5. The Bertz CT molecular complexity index is 2390. The first kappa shape index (κ1) is 39.3. The first-order valence-corrected chi connectivity index (χ1v) is 17.3. The van der Waals surface area contributed by atoms with Crippen molar-refractivity contribution in [1.29, 1.82) is 0 Å². The molecule has 15 nitrogen and oxygen atoms in total. The molecular weight excluding hydrogens is 816 g/mol. The van der Waals surface area contributed by atoms with Crippen molar-refractivity contribution in [3.8, 4) is 11.5 Å². The molecule has 57 heavy (non-hydrogen) atoms. The normalized spacial score (nSPS) is 26.6. The number of aromatic hydroxyl groups is 1. The van der Waals surface area contributed by atoms with Gasteiger partial charge in [-0.1, -0.05) is 11.6 Å². The number of imide groups is 2. The highest BCUT2D eigenvalue weighted by Crippen LogP contribution is 2.67. The molecule has 3 aromatic carbocycles. The molecule has 6 unspecified atom stereocenters. The van der Waals surface area contributed by atoms with Crippen LogP contribution in [0.25, 0.3) is 0 Å². The number of benzene rings is 3. The average molecular weight is 840 g/mol. The molecule has 22 heteroatoms. The highest BCUT2D eigenvalue weighted by atomic mass is 35.5. The summed E-state index contributed by atoms with van der Waals surface area (Å²) in [6.45, 7) is 0. The van der Waals surface area contributed by atoms with Gasteiger partial charge in [0.1, 0.15) is 17.2 Å². The van der Waals surface area contributed by atoms with Gasteiger partial charge in [-0.2, -0.15) is 0 Å². The molecule has 2 aliphatic heterocycles. The standard InChI is InChI=1S/C35H24Cl2F5N5O10/c1-43(2)28-18(46(53)54)8-12(9-19(28)47(55)56)44-30(49)15-6-5-14-17(21(15)31(44)50)11-34(36)32(51)45(29-26(41)24(39)23(38)25(40)27(29)42)33(52)35(34,37)22(14)16-10-13(57-3)4-7-20(16)48/h4-5,7-10,15,17,21-22,48H,6,11H2,1-3H3. The number of carbonyl (C=O) groups excluding carboxylic acids is 4. The van der Waals surface area contributed by atoms with Crippen LogP contribution in [0.3, 0.4) is 0 Å². The maximum Gasteiger partial charge on any atom is 0.301 e. The number of ether oxygens (including phenoxy) is 1. The van der Waals surface area contributed by atoms with E-state index >= 15 is 8.78 Å². The van der Waals surface area contributed by atoms with Gasteiger partial charge in [-0.3, -0.25) is 39.4 Å². The summed E-state index contributed by atoms with van der Waals surface area (Å²) in [5.41, 5.74) is -4.99. The lowest BCUT2D eigenvalue weighted by Crippen LogP contribution is -2.60. The van der Waals surface area contributed by atoms with E-state index in [0.717, 1.165) is 29.2 Å². The molecule has 0 aromatic heterocycles. The number of hydrogen-bond acceptors (Lipinski definition) is 11. The molecule has 4 amide bonds. The van der Waals surface area contributed by atoms with Crippen LogP contribution in [0.1, 0.15) is 24.3 Å². The third-order valence-corrected chi connectivity index (χ3v) is 12.3. The van der Waals surface area contributed by atoms with Crippen molar-refractivity contribution in [2.45, 2.75) is 28.5 Å². The van der Waals surface area contributed by atoms with Gasteiger partial charge in [0, 0.05) is 37.7 Å². The summed E-state index contributed by atoms with van der Waals surface area (Å²) >= 11 is 14.2. The first-order chi connectivity index (χ1) is 26.6. The fourth-order valence-corrected chi connectivity index (χ4v) is 9.44. The zero-order valence-corrected chi connectivity index (χ0v) is 30.7. The molecule has 3 fully saturated rings. The van der Waals surface area contributed by atoms with Crippen molar-refractivity contribution in [2.75, 3.05) is 35.9 Å². The van der Waals surface area contributed by atoms with Gasteiger partial charge in [0.15, 0.2) is 38.7 Å². The zero-order chi connectivity index (χ0) is 42.0. The van der Waals surface area contributed by atoms with Crippen LogP contribution in [0.2, 0.25) is 0 Å². The van der Waals surface area contributed by atoms with Gasteiger partial charge in [0.05, 0.1) is 34.5 Å². The molecule has 1 N–H and O–H groups in total. The maximum atomic E-state index is 15.3. The molecule has 4 aliphatic rings. The minimum Gasteiger partial charge on any atom is -0.508 e. The number of hydrogen-bond donors (Lipinski definition) is 1. The Hall–Kier alpha value is -5.89. The number of halogens is 7. The third kappa shape index (κ3) is 5.15. The van der Waals surface area contributed by atoms with Crippen molar-refractivity contribution in [3.63, 3.8) is 0 Å². The van der Waals surface area contributed by atoms with E-state index in [9.17, 15) is 57.7 Å². The van der Waals surface area contributed by atoms with Gasteiger partial charge in [0.25, 0.3) is 11.8 Å². The summed E-state index contributed by atoms with van der Waals surface area (Å²) < 4.78 is 79.0. The number of fused-ring (bicyclic) bond motifs is 4. The molecule has 0 spiro atoms. The predicted molar refractivity (Wildman–Crippen MR) is 188 cm³/mol. The Labute approximate surface area is 326 Å². The van der Waals surface area contributed by atoms with E-state index in [1.165, 1.54) is 33.3 Å². The van der Waals surface area contributed by atoms with Gasteiger partial charge < -0.3 is 14.7 Å². The summed E-state index contributed by atoms with van der Waals surface area (Å²) in [5.74, 6) is -25.2. The number of phenolic OH excluding ortho intramolecular Hbond substituents is 1. The van der Waals surface area contributed by atoms with Crippen LogP contribution in [0.4, 0.5) is 50.4 Å². The van der Waals surface area contributed by atoms with Gasteiger partial charge in [-0.05, 0) is 37.0 Å². The molecule has 0 radical (unpaired) electrons. The number of nitro groups is 2. The van der Waals surface area contributed by atoms with Crippen LogP contribution >= 0.6 is 23.2 Å². The molecule has 2 aliphatic carbocycles. The molecule has 2 heterocycles. The second-order valence-corrected chi connectivity index (χ2v) is 15.1. The minimum absolute atomic E-state index is 0.0191. The molecule has 298 valence electrons. The number of phenols is 1. The van der Waals surface area contributed by atoms with Crippen molar-refractivity contribution in [2.24, 2.45) is 17.8 Å². The number of amides is 4. The minimum atomic E-state index is -2.94. The number of methoxy groups -OCH3 is 1. The predicted octanol–water partition coefficient (Wildman–Crippen LogP) is 5.75. The largest absolute Gasteiger partial charge is 0.508 e. The van der Waals surface area contributed by atoms with Crippen LogP contribution in [-0.2, 0) is 19.2 Å². The lowest BCUT2D eigenvalue weighted by atomic mass is 9.56. The van der Waals surface area contributed by atoms with E-state index in [2.05, 4.69) is 0 Å². The summed E-state index contributed by atoms with van der Waals surface area (Å²) in [5, 5.41) is 35.4. The Morgan fingerprint density at radius 1 is 0.842 bits per heavy atom. The first-order valence-electron chi connectivity index (χ1n) is 16.5. The molecule has 7 rings (SSSR count). The van der Waals surface area contributed by atoms with Crippen LogP contribution in [0.5, 0.6) is 11.5 Å². The lowest BCUT2D eigenvalue weighted by Gasteiger charge is -2.50. The van der Waals surface area contributed by atoms with E-state index in [1.807, 2.05) is 0 Å². The van der Waals surface area contributed by atoms with E-state index in [-0.39, 0.29) is 28.2 Å². The van der Waals surface area contributed by atoms with Gasteiger partial charge in [0.2, 0.25) is 17.6 Å².